The molecule has 0 amide bonds. The van der Waals surface area contributed by atoms with Crippen LogP contribution in [0.2, 0.25) is 0 Å². The summed E-state index contributed by atoms with van der Waals surface area (Å²) in [6.45, 7) is 2.77. The second kappa shape index (κ2) is 4.09. The second-order valence-corrected chi connectivity index (χ2v) is 4.15. The van der Waals surface area contributed by atoms with Crippen molar-refractivity contribution in [2.75, 3.05) is 0 Å². The number of hydrogen-bond acceptors (Lipinski definition) is 3. The summed E-state index contributed by atoms with van der Waals surface area (Å²) in [6, 6.07) is 1.74. The Hall–Kier alpha value is -0.890. The molecule has 3 atom stereocenters. The van der Waals surface area contributed by atoms with Crippen LogP contribution in [0.3, 0.4) is 0 Å². The van der Waals surface area contributed by atoms with Crippen LogP contribution in [0.4, 0.5) is 0 Å². The lowest BCUT2D eigenvalue weighted by Crippen LogP contribution is -2.27. The zero-order valence-corrected chi connectivity index (χ0v) is 7.09. The molecule has 0 aromatic carbocycles. The Bertz CT molecular complexity index is 220. The number of carboxylic acids is 1. The fourth-order valence-electron chi connectivity index (χ4n) is 0.457. The lowest BCUT2D eigenvalue weighted by molar-refractivity contribution is -0.136. The predicted molar refractivity (Wildman–Crippen MR) is 40.3 cm³/mol. The van der Waals surface area contributed by atoms with Gasteiger partial charge in [0.2, 0.25) is 0 Å². The van der Waals surface area contributed by atoms with Gasteiger partial charge in [0.05, 0.1) is 16.9 Å². The molecular formula is C6H9NO3S. The van der Waals surface area contributed by atoms with Crippen LogP contribution in [0, 0.1) is 11.3 Å². The summed E-state index contributed by atoms with van der Waals surface area (Å²) in [6.07, 6.45) is 0. The van der Waals surface area contributed by atoms with Gasteiger partial charge in [-0.05, 0) is 13.8 Å². The van der Waals surface area contributed by atoms with Crippen molar-refractivity contribution in [2.24, 2.45) is 0 Å². The maximum Gasteiger partial charge on any atom is 0.319 e. The maximum absolute atomic E-state index is 11.0. The Balaban J connectivity index is 4.28. The Morgan fingerprint density at radius 3 is 2.36 bits per heavy atom. The number of aliphatic carboxylic acids is 1. The lowest BCUT2D eigenvalue weighted by atomic mass is 10.5. The smallest absolute Gasteiger partial charge is 0.319 e. The van der Waals surface area contributed by atoms with Crippen LogP contribution in [-0.2, 0) is 15.6 Å². The number of carboxylic acid groups (broad SMARTS) is 1. The van der Waals surface area contributed by atoms with Crippen LogP contribution < -0.4 is 0 Å². The van der Waals surface area contributed by atoms with Crippen molar-refractivity contribution in [1.29, 1.82) is 5.26 Å². The third-order valence-electron chi connectivity index (χ3n) is 1.23. The minimum absolute atomic E-state index is 0.721. The minimum Gasteiger partial charge on any atom is -0.480 e. The van der Waals surface area contributed by atoms with E-state index in [1.165, 1.54) is 13.8 Å². The first-order valence-electron chi connectivity index (χ1n) is 3.02. The van der Waals surface area contributed by atoms with E-state index < -0.39 is 27.3 Å². The van der Waals surface area contributed by atoms with Crippen molar-refractivity contribution in [1.82, 2.24) is 0 Å². The summed E-state index contributed by atoms with van der Waals surface area (Å²) < 4.78 is 11.0. The summed E-state index contributed by atoms with van der Waals surface area (Å²) in [4.78, 5) is 10.3. The van der Waals surface area contributed by atoms with Crippen LogP contribution in [0.1, 0.15) is 13.8 Å². The maximum atomic E-state index is 11.0. The highest BCUT2D eigenvalue weighted by Crippen LogP contribution is 2.02. The molecule has 0 radical (unpaired) electrons. The number of nitrogens with zero attached hydrogens (tertiary/aromatic N) is 1. The molecule has 3 unspecified atom stereocenters. The molecule has 0 saturated heterocycles. The molecule has 0 aliphatic rings. The van der Waals surface area contributed by atoms with Crippen molar-refractivity contribution < 1.29 is 14.1 Å². The molecule has 11 heavy (non-hydrogen) atoms. The Labute approximate surface area is 67.3 Å². The first-order chi connectivity index (χ1) is 5.00. The molecule has 5 heteroatoms. The summed E-state index contributed by atoms with van der Waals surface area (Å²) in [5, 5.41) is 15.0. The van der Waals surface area contributed by atoms with Gasteiger partial charge in [0.1, 0.15) is 10.5 Å². The van der Waals surface area contributed by atoms with Gasteiger partial charge in [-0.3, -0.25) is 9.00 Å². The Kier molecular flexibility index (Phi) is 3.76. The highest BCUT2D eigenvalue weighted by Gasteiger charge is 2.23. The fraction of sp³-hybridized carbons (Fsp3) is 0.667. The molecule has 0 spiro atoms. The average Bonchev–Trinajstić information content (AvgIpc) is 2.00. The van der Waals surface area contributed by atoms with Gasteiger partial charge in [-0.1, -0.05) is 0 Å². The van der Waals surface area contributed by atoms with Crippen LogP contribution in [0.5, 0.6) is 0 Å². The van der Waals surface area contributed by atoms with Crippen LogP contribution >= 0.6 is 0 Å². The molecule has 0 fully saturated rings. The summed E-state index contributed by atoms with van der Waals surface area (Å²) >= 11 is 0. The molecule has 0 heterocycles. The zero-order chi connectivity index (χ0) is 9.02. The summed E-state index contributed by atoms with van der Waals surface area (Å²) in [5.41, 5.74) is 0. The standard InChI is InChI=1S/C6H9NO3S/c1-4(3-7)11(10)5(2)6(8)9/h4-5H,1-2H3,(H,8,9). The topological polar surface area (TPSA) is 78.2 Å². The molecule has 0 aliphatic carbocycles. The number of rotatable bonds is 3. The van der Waals surface area contributed by atoms with E-state index in [0.717, 1.165) is 0 Å². The monoisotopic (exact) mass is 175 g/mol. The average molecular weight is 175 g/mol. The predicted octanol–water partition coefficient (Wildman–Crippen LogP) is 0.120. The van der Waals surface area contributed by atoms with Gasteiger partial charge >= 0.3 is 5.97 Å². The van der Waals surface area contributed by atoms with E-state index in [-0.39, 0.29) is 0 Å². The Morgan fingerprint density at radius 2 is 2.09 bits per heavy atom. The van der Waals surface area contributed by atoms with E-state index in [1.54, 1.807) is 6.07 Å². The quantitative estimate of drug-likeness (QED) is 0.660. The minimum atomic E-state index is -1.60. The van der Waals surface area contributed by atoms with Gasteiger partial charge in [0.25, 0.3) is 0 Å². The van der Waals surface area contributed by atoms with Crippen molar-refractivity contribution in [3.63, 3.8) is 0 Å². The highest BCUT2D eigenvalue weighted by atomic mass is 32.2. The molecule has 4 nitrogen and oxygen atoms in total. The molecule has 0 aromatic rings. The van der Waals surface area contributed by atoms with E-state index in [9.17, 15) is 9.00 Å². The molecule has 0 saturated carbocycles. The third-order valence-corrected chi connectivity index (χ3v) is 2.93. The number of carbonyl (C=O) groups is 1. The summed E-state index contributed by atoms with van der Waals surface area (Å²) in [7, 11) is -1.60. The lowest BCUT2D eigenvalue weighted by Gasteiger charge is -2.06. The van der Waals surface area contributed by atoms with Crippen molar-refractivity contribution in [2.45, 2.75) is 24.3 Å². The molecular weight excluding hydrogens is 166 g/mol. The largest absolute Gasteiger partial charge is 0.480 e. The Morgan fingerprint density at radius 1 is 1.64 bits per heavy atom. The van der Waals surface area contributed by atoms with Gasteiger partial charge in [-0.25, -0.2) is 0 Å². The normalized spacial score (nSPS) is 17.9. The number of nitriles is 1. The zero-order valence-electron chi connectivity index (χ0n) is 6.27. The van der Waals surface area contributed by atoms with E-state index in [4.69, 9.17) is 10.4 Å². The van der Waals surface area contributed by atoms with Crippen molar-refractivity contribution in [3.05, 3.63) is 0 Å². The molecule has 62 valence electrons. The fourth-order valence-corrected chi connectivity index (χ4v) is 1.37. The van der Waals surface area contributed by atoms with Crippen LogP contribution in [0.25, 0.3) is 0 Å². The molecule has 0 rings (SSSR count). The van der Waals surface area contributed by atoms with Crippen LogP contribution in [0.15, 0.2) is 0 Å². The van der Waals surface area contributed by atoms with Gasteiger partial charge in [-0.2, -0.15) is 5.26 Å². The highest BCUT2D eigenvalue weighted by molar-refractivity contribution is 7.87. The summed E-state index contributed by atoms with van der Waals surface area (Å²) in [5.74, 6) is -1.13. The molecule has 0 bridgehead atoms. The second-order valence-electron chi connectivity index (χ2n) is 2.08. The number of hydrogen-bond donors (Lipinski definition) is 1. The van der Waals surface area contributed by atoms with E-state index in [1.807, 2.05) is 0 Å². The van der Waals surface area contributed by atoms with Crippen molar-refractivity contribution >= 4 is 16.8 Å². The van der Waals surface area contributed by atoms with E-state index >= 15 is 0 Å². The molecule has 0 aliphatic heterocycles. The van der Waals surface area contributed by atoms with Crippen molar-refractivity contribution in [3.8, 4) is 6.07 Å². The van der Waals surface area contributed by atoms with Gasteiger partial charge in [0, 0.05) is 0 Å². The SMILES string of the molecule is CC(C#N)S(=O)C(C)C(=O)O. The van der Waals surface area contributed by atoms with E-state index in [2.05, 4.69) is 0 Å². The first kappa shape index (κ1) is 10.1. The van der Waals surface area contributed by atoms with Crippen LogP contribution in [-0.4, -0.2) is 25.8 Å². The van der Waals surface area contributed by atoms with Gasteiger partial charge < -0.3 is 5.11 Å². The van der Waals surface area contributed by atoms with Gasteiger partial charge in [-0.15, -0.1) is 0 Å². The third kappa shape index (κ3) is 2.68. The van der Waals surface area contributed by atoms with E-state index in [0.29, 0.717) is 0 Å². The van der Waals surface area contributed by atoms with Gasteiger partial charge in [0.15, 0.2) is 0 Å². The molecule has 0 aromatic heterocycles. The molecule has 1 N–H and O–H groups in total. The first-order valence-corrected chi connectivity index (χ1v) is 4.30.